The lowest BCUT2D eigenvalue weighted by molar-refractivity contribution is 0.0172. The third-order valence-corrected chi connectivity index (χ3v) is 14.7. The number of hydrogen-bond donors (Lipinski definition) is 0. The summed E-state index contributed by atoms with van der Waals surface area (Å²) in [5.41, 5.74) is 4.69. The highest BCUT2D eigenvalue weighted by molar-refractivity contribution is 9.10. The van der Waals surface area contributed by atoms with Crippen LogP contribution in [0.2, 0.25) is 23.2 Å². The standard InChI is InChI=1S/C37H49BrClN7O4Si/c1-23-31(32-28(38)18-41-45(32)9)42-33(43-34(23)46-19-24-13-12-16-40-30(24)21-46)27-17-25(14-15-29(27)39)48-22-26(50-51(10,11)37(5,6)7)20-44(8)35(47)49-36(2,3)4/h12-18,26H,19-22H2,1-11H3/t26-/m1/s1. The van der Waals surface area contributed by atoms with E-state index in [2.05, 4.69) is 70.8 Å². The van der Waals surface area contributed by atoms with E-state index in [0.717, 1.165) is 32.9 Å². The summed E-state index contributed by atoms with van der Waals surface area (Å²) < 4.78 is 21.5. The van der Waals surface area contributed by atoms with E-state index in [9.17, 15) is 4.79 Å². The third-order valence-electron chi connectivity index (χ3n) is 9.29. The highest BCUT2D eigenvalue weighted by Crippen LogP contribution is 2.40. The lowest BCUT2D eigenvalue weighted by Crippen LogP contribution is -2.49. The first-order chi connectivity index (χ1) is 23.7. The smallest absolute Gasteiger partial charge is 0.410 e. The Morgan fingerprint density at radius 3 is 2.47 bits per heavy atom. The maximum atomic E-state index is 12.9. The number of likely N-dealkylation sites (N-methyl/N-ethyl adjacent to an activating group) is 1. The van der Waals surface area contributed by atoms with Gasteiger partial charge in [-0.1, -0.05) is 38.4 Å². The molecule has 1 aromatic carbocycles. The van der Waals surface area contributed by atoms with Crippen molar-refractivity contribution in [1.82, 2.24) is 29.6 Å². The first-order valence-electron chi connectivity index (χ1n) is 17.0. The van der Waals surface area contributed by atoms with Gasteiger partial charge in [-0.2, -0.15) is 5.10 Å². The van der Waals surface area contributed by atoms with Crippen molar-refractivity contribution in [1.29, 1.82) is 0 Å². The van der Waals surface area contributed by atoms with Gasteiger partial charge in [0, 0.05) is 38.0 Å². The number of ether oxygens (including phenoxy) is 2. The Hall–Kier alpha value is -3.52. The lowest BCUT2D eigenvalue weighted by Gasteiger charge is -2.40. The fourth-order valence-electron chi connectivity index (χ4n) is 5.58. The number of benzene rings is 1. The topological polar surface area (TPSA) is 108 Å². The van der Waals surface area contributed by atoms with E-state index in [1.165, 1.54) is 5.56 Å². The number of fused-ring (bicyclic) bond motifs is 1. The molecule has 0 saturated heterocycles. The number of carbonyl (C=O) groups excluding carboxylic acids is 1. The van der Waals surface area contributed by atoms with Crippen molar-refractivity contribution < 1.29 is 18.7 Å². The predicted molar refractivity (Wildman–Crippen MR) is 208 cm³/mol. The highest BCUT2D eigenvalue weighted by Gasteiger charge is 2.40. The summed E-state index contributed by atoms with van der Waals surface area (Å²) >= 11 is 10.6. The molecule has 0 bridgehead atoms. The number of aryl methyl sites for hydroxylation is 1. The molecule has 1 atom stereocenters. The zero-order valence-corrected chi connectivity index (χ0v) is 34.8. The van der Waals surface area contributed by atoms with Crippen LogP contribution in [0.15, 0.2) is 47.2 Å². The summed E-state index contributed by atoms with van der Waals surface area (Å²) in [6.07, 6.45) is 2.75. The molecule has 4 heterocycles. The van der Waals surface area contributed by atoms with Crippen LogP contribution in [0.3, 0.4) is 0 Å². The van der Waals surface area contributed by atoms with Gasteiger partial charge in [0.2, 0.25) is 0 Å². The van der Waals surface area contributed by atoms with Gasteiger partial charge in [-0.15, -0.1) is 0 Å². The van der Waals surface area contributed by atoms with Gasteiger partial charge >= 0.3 is 6.09 Å². The fraction of sp³-hybridized carbons (Fsp3) is 0.486. The van der Waals surface area contributed by atoms with Gasteiger partial charge in [0.25, 0.3) is 0 Å². The van der Waals surface area contributed by atoms with Gasteiger partial charge in [-0.05, 0) is 91.6 Å². The molecule has 5 rings (SSSR count). The van der Waals surface area contributed by atoms with Crippen LogP contribution in [0.4, 0.5) is 10.6 Å². The lowest BCUT2D eigenvalue weighted by atomic mass is 10.1. The normalized spacial score (nSPS) is 14.0. The number of rotatable bonds is 10. The van der Waals surface area contributed by atoms with E-state index in [1.54, 1.807) is 28.9 Å². The molecule has 11 nitrogen and oxygen atoms in total. The molecule has 0 aliphatic carbocycles. The van der Waals surface area contributed by atoms with E-state index >= 15 is 0 Å². The number of halogens is 2. The van der Waals surface area contributed by atoms with Gasteiger partial charge in [-0.25, -0.2) is 14.8 Å². The van der Waals surface area contributed by atoms with E-state index in [-0.39, 0.29) is 11.6 Å². The zero-order chi connectivity index (χ0) is 37.5. The van der Waals surface area contributed by atoms with Crippen molar-refractivity contribution in [3.8, 4) is 28.5 Å². The molecule has 1 aliphatic heterocycles. The van der Waals surface area contributed by atoms with Crippen LogP contribution < -0.4 is 9.64 Å². The second-order valence-corrected chi connectivity index (χ2v) is 21.6. The Labute approximate surface area is 315 Å². The zero-order valence-electron chi connectivity index (χ0n) is 31.5. The van der Waals surface area contributed by atoms with Crippen LogP contribution in [0, 0.1) is 6.92 Å². The van der Waals surface area contributed by atoms with Gasteiger partial charge in [-0.3, -0.25) is 9.67 Å². The molecule has 0 radical (unpaired) electrons. The van der Waals surface area contributed by atoms with Crippen molar-refractivity contribution in [2.45, 2.75) is 91.4 Å². The number of hydrogen-bond acceptors (Lipinski definition) is 9. The molecule has 1 amide bonds. The van der Waals surface area contributed by atoms with Gasteiger partial charge in [0.1, 0.15) is 29.5 Å². The Bertz CT molecular complexity index is 1860. The Morgan fingerprint density at radius 2 is 1.84 bits per heavy atom. The van der Waals surface area contributed by atoms with E-state index in [0.29, 0.717) is 41.8 Å². The van der Waals surface area contributed by atoms with Gasteiger partial charge < -0.3 is 23.7 Å². The Kier molecular flexibility index (Phi) is 11.3. The molecule has 1 aliphatic rings. The largest absolute Gasteiger partial charge is 0.491 e. The number of anilines is 1. The van der Waals surface area contributed by atoms with Crippen molar-refractivity contribution in [2.75, 3.05) is 25.1 Å². The minimum Gasteiger partial charge on any atom is -0.491 e. The molecule has 0 N–H and O–H groups in total. The van der Waals surface area contributed by atoms with Crippen LogP contribution in [0.25, 0.3) is 22.8 Å². The summed E-state index contributed by atoms with van der Waals surface area (Å²) in [5.74, 6) is 1.82. The summed E-state index contributed by atoms with van der Waals surface area (Å²) in [7, 11) is 1.37. The first kappa shape index (κ1) is 38.7. The van der Waals surface area contributed by atoms with Crippen LogP contribution in [-0.2, 0) is 29.3 Å². The summed E-state index contributed by atoms with van der Waals surface area (Å²) in [4.78, 5) is 31.5. The van der Waals surface area contributed by atoms with Crippen LogP contribution in [0.1, 0.15) is 58.4 Å². The maximum absolute atomic E-state index is 12.9. The van der Waals surface area contributed by atoms with E-state index < -0.39 is 26.1 Å². The molecule has 4 aromatic rings. The molecule has 0 spiro atoms. The number of carbonyl (C=O) groups is 1. The van der Waals surface area contributed by atoms with Crippen LogP contribution in [0.5, 0.6) is 5.75 Å². The number of nitrogens with zero attached hydrogens (tertiary/aromatic N) is 7. The van der Waals surface area contributed by atoms with Crippen LogP contribution in [-0.4, -0.2) is 75.9 Å². The maximum Gasteiger partial charge on any atom is 0.410 e. The highest BCUT2D eigenvalue weighted by atomic mass is 79.9. The molecule has 0 fully saturated rings. The van der Waals surface area contributed by atoms with E-state index in [1.807, 2.05) is 59.1 Å². The van der Waals surface area contributed by atoms with Crippen molar-refractivity contribution in [2.24, 2.45) is 7.05 Å². The molecule has 0 saturated carbocycles. The SMILES string of the molecule is Cc1c(-c2c(Br)cnn2C)nc(-c2cc(OC[C@@H](CN(C)C(=O)OC(C)(C)C)O[Si](C)(C)C(C)(C)C)ccc2Cl)nc1N1Cc2cccnc2C1. The first-order valence-corrected chi connectivity index (χ1v) is 21.1. The molecular weight excluding hydrogens is 750 g/mol. The fourth-order valence-corrected chi connectivity index (χ4v) is 7.65. The Balaban J connectivity index is 1.49. The Morgan fingerprint density at radius 1 is 1.12 bits per heavy atom. The summed E-state index contributed by atoms with van der Waals surface area (Å²) in [5, 5.41) is 4.89. The quantitative estimate of drug-likeness (QED) is 0.146. The minimum absolute atomic E-state index is 0.0446. The van der Waals surface area contributed by atoms with Gasteiger partial charge in [0.15, 0.2) is 14.1 Å². The average Bonchev–Trinajstić information content (AvgIpc) is 3.61. The monoisotopic (exact) mass is 797 g/mol. The van der Waals surface area contributed by atoms with E-state index in [4.69, 9.17) is 35.5 Å². The number of aromatic nitrogens is 5. The second kappa shape index (κ2) is 14.8. The number of pyridine rings is 1. The molecule has 51 heavy (non-hydrogen) atoms. The van der Waals surface area contributed by atoms with Crippen LogP contribution >= 0.6 is 27.5 Å². The molecule has 0 unspecified atom stereocenters. The average molecular weight is 799 g/mol. The second-order valence-electron chi connectivity index (χ2n) is 15.6. The molecular formula is C37H49BrClN7O4Si. The molecule has 3 aromatic heterocycles. The third kappa shape index (κ3) is 8.93. The minimum atomic E-state index is -2.24. The molecule has 274 valence electrons. The van der Waals surface area contributed by atoms with Crippen molar-refractivity contribution >= 4 is 47.8 Å². The molecule has 14 heteroatoms. The van der Waals surface area contributed by atoms with Crippen molar-refractivity contribution in [3.05, 3.63) is 69.0 Å². The van der Waals surface area contributed by atoms with Gasteiger partial charge in [0.05, 0.1) is 46.3 Å². The number of amides is 1. The summed E-state index contributed by atoms with van der Waals surface area (Å²) in [6, 6.07) is 9.54. The van der Waals surface area contributed by atoms with Crippen molar-refractivity contribution in [3.63, 3.8) is 0 Å². The summed E-state index contributed by atoms with van der Waals surface area (Å²) in [6.45, 7) is 20.3. The predicted octanol–water partition coefficient (Wildman–Crippen LogP) is 8.82.